The average Bonchev–Trinajstić information content (AvgIpc) is 2.54. The van der Waals surface area contributed by atoms with Gasteiger partial charge in [-0.1, -0.05) is 36.4 Å². The first-order valence-electron chi connectivity index (χ1n) is 6.90. The van der Waals surface area contributed by atoms with Gasteiger partial charge < -0.3 is 0 Å². The summed E-state index contributed by atoms with van der Waals surface area (Å²) in [4.78, 5) is 0. The van der Waals surface area contributed by atoms with Crippen LogP contribution < -0.4 is 0 Å². The molecule has 2 aromatic rings. The molecule has 112 valence electrons. The third-order valence-electron chi connectivity index (χ3n) is 3.04. The highest BCUT2D eigenvalue weighted by Gasteiger charge is 1.99. The van der Waals surface area contributed by atoms with Crippen LogP contribution in [0.5, 0.6) is 0 Å². The Hall–Kier alpha value is -2.62. The number of rotatable bonds is 6. The van der Waals surface area contributed by atoms with Gasteiger partial charge in [0.25, 0.3) is 0 Å². The molecule has 2 aromatic carbocycles. The van der Waals surface area contributed by atoms with Crippen molar-refractivity contribution in [1.29, 1.82) is 0 Å². The molecule has 0 unspecified atom stereocenters. The molecule has 0 fully saturated rings. The Labute approximate surface area is 128 Å². The molecule has 22 heavy (non-hydrogen) atoms. The standard InChI is InChI=1S/C18H16F2N2/c1-2-3-4-14-5-7-15(8-6-14)12-21-22-13-16-9-10-17(19)18(20)11-16/h2,5-13H,1,3-4H2. The van der Waals surface area contributed by atoms with Crippen molar-refractivity contribution in [3.63, 3.8) is 0 Å². The quantitative estimate of drug-likeness (QED) is 0.425. The number of nitrogens with zero attached hydrogens (tertiary/aromatic N) is 2. The van der Waals surface area contributed by atoms with Crippen molar-refractivity contribution in [1.82, 2.24) is 0 Å². The second-order valence-corrected chi connectivity index (χ2v) is 4.73. The molecule has 4 heteroatoms. The van der Waals surface area contributed by atoms with Crippen LogP contribution in [0.25, 0.3) is 0 Å². The molecule has 0 heterocycles. The van der Waals surface area contributed by atoms with Crippen molar-refractivity contribution < 1.29 is 8.78 Å². The van der Waals surface area contributed by atoms with Gasteiger partial charge in [0, 0.05) is 0 Å². The van der Waals surface area contributed by atoms with Gasteiger partial charge in [-0.15, -0.1) is 6.58 Å². The minimum absolute atomic E-state index is 0.454. The topological polar surface area (TPSA) is 24.7 Å². The zero-order chi connectivity index (χ0) is 15.8. The summed E-state index contributed by atoms with van der Waals surface area (Å²) in [5, 5.41) is 7.71. The summed E-state index contributed by atoms with van der Waals surface area (Å²) in [7, 11) is 0. The van der Waals surface area contributed by atoms with Crippen LogP contribution in [-0.4, -0.2) is 12.4 Å². The minimum atomic E-state index is -0.900. The summed E-state index contributed by atoms with van der Waals surface area (Å²) >= 11 is 0. The maximum atomic E-state index is 13.0. The van der Waals surface area contributed by atoms with E-state index >= 15 is 0 Å². The van der Waals surface area contributed by atoms with E-state index in [-0.39, 0.29) is 0 Å². The summed E-state index contributed by atoms with van der Waals surface area (Å²) < 4.78 is 25.8. The van der Waals surface area contributed by atoms with E-state index in [1.807, 2.05) is 30.3 Å². The molecule has 0 aliphatic heterocycles. The first kappa shape index (κ1) is 15.8. The van der Waals surface area contributed by atoms with Gasteiger partial charge in [-0.05, 0) is 41.7 Å². The van der Waals surface area contributed by atoms with E-state index in [4.69, 9.17) is 0 Å². The molecule has 0 spiro atoms. The lowest BCUT2D eigenvalue weighted by Gasteiger charge is -1.98. The molecule has 2 nitrogen and oxygen atoms in total. The van der Waals surface area contributed by atoms with Crippen molar-refractivity contribution in [3.05, 3.63) is 83.4 Å². The Balaban J connectivity index is 1.95. The first-order valence-corrected chi connectivity index (χ1v) is 6.90. The van der Waals surface area contributed by atoms with Gasteiger partial charge in [0.05, 0.1) is 12.4 Å². The smallest absolute Gasteiger partial charge is 0.159 e. The van der Waals surface area contributed by atoms with Crippen molar-refractivity contribution >= 4 is 12.4 Å². The predicted octanol–water partition coefficient (Wildman–Crippen LogP) is 4.54. The minimum Gasteiger partial charge on any atom is -0.204 e. The Morgan fingerprint density at radius 3 is 2.14 bits per heavy atom. The summed E-state index contributed by atoms with van der Waals surface area (Å²) in [6.45, 7) is 3.70. The van der Waals surface area contributed by atoms with Gasteiger partial charge >= 0.3 is 0 Å². The molecule has 0 atom stereocenters. The lowest BCUT2D eigenvalue weighted by molar-refractivity contribution is 0.508. The fourth-order valence-corrected chi connectivity index (χ4v) is 1.83. The van der Waals surface area contributed by atoms with E-state index in [2.05, 4.69) is 16.8 Å². The van der Waals surface area contributed by atoms with E-state index in [1.54, 1.807) is 6.21 Å². The maximum Gasteiger partial charge on any atom is 0.159 e. The van der Waals surface area contributed by atoms with Crippen LogP contribution in [0.1, 0.15) is 23.1 Å². The summed E-state index contributed by atoms with van der Waals surface area (Å²) in [6.07, 6.45) is 6.79. The van der Waals surface area contributed by atoms with Crippen molar-refractivity contribution in [2.45, 2.75) is 12.8 Å². The van der Waals surface area contributed by atoms with Gasteiger partial charge in [-0.3, -0.25) is 0 Å². The Morgan fingerprint density at radius 1 is 0.864 bits per heavy atom. The monoisotopic (exact) mass is 298 g/mol. The van der Waals surface area contributed by atoms with Crippen molar-refractivity contribution in [3.8, 4) is 0 Å². The van der Waals surface area contributed by atoms with Gasteiger partial charge in [0.1, 0.15) is 0 Å². The van der Waals surface area contributed by atoms with Crippen molar-refractivity contribution in [2.75, 3.05) is 0 Å². The second kappa shape index (κ2) is 7.98. The fourth-order valence-electron chi connectivity index (χ4n) is 1.83. The molecule has 0 N–H and O–H groups in total. The third-order valence-corrected chi connectivity index (χ3v) is 3.04. The van der Waals surface area contributed by atoms with Gasteiger partial charge in [0.15, 0.2) is 11.6 Å². The zero-order valence-electron chi connectivity index (χ0n) is 12.0. The molecule has 2 rings (SSSR count). The average molecular weight is 298 g/mol. The van der Waals surface area contributed by atoms with Gasteiger partial charge in [0.2, 0.25) is 0 Å². The molecule has 0 amide bonds. The lowest BCUT2D eigenvalue weighted by atomic mass is 10.1. The highest BCUT2D eigenvalue weighted by Crippen LogP contribution is 2.07. The third kappa shape index (κ3) is 4.74. The summed E-state index contributed by atoms with van der Waals surface area (Å²) in [6, 6.07) is 11.5. The molecular formula is C18H16F2N2. The summed E-state index contributed by atoms with van der Waals surface area (Å²) in [5.74, 6) is -1.78. The summed E-state index contributed by atoms with van der Waals surface area (Å²) in [5.41, 5.74) is 2.61. The molecule has 0 aliphatic rings. The molecule has 0 aromatic heterocycles. The van der Waals surface area contributed by atoms with Crippen LogP contribution in [0.4, 0.5) is 8.78 Å². The molecular weight excluding hydrogens is 282 g/mol. The Kier molecular flexibility index (Phi) is 5.72. The van der Waals surface area contributed by atoms with Crippen LogP contribution >= 0.6 is 0 Å². The fraction of sp³-hybridized carbons (Fsp3) is 0.111. The highest BCUT2D eigenvalue weighted by atomic mass is 19.2. The second-order valence-electron chi connectivity index (χ2n) is 4.73. The number of hydrogen-bond donors (Lipinski definition) is 0. The van der Waals surface area contributed by atoms with Gasteiger partial charge in [-0.2, -0.15) is 10.2 Å². The van der Waals surface area contributed by atoms with E-state index in [1.165, 1.54) is 17.8 Å². The predicted molar refractivity (Wildman–Crippen MR) is 86.5 cm³/mol. The lowest BCUT2D eigenvalue weighted by Crippen LogP contribution is -1.88. The van der Waals surface area contributed by atoms with Crippen LogP contribution in [0, 0.1) is 11.6 Å². The van der Waals surface area contributed by atoms with E-state index in [9.17, 15) is 8.78 Å². The number of aryl methyl sites for hydroxylation is 1. The van der Waals surface area contributed by atoms with Crippen LogP contribution in [0.3, 0.4) is 0 Å². The van der Waals surface area contributed by atoms with E-state index < -0.39 is 11.6 Å². The number of allylic oxidation sites excluding steroid dienone is 1. The van der Waals surface area contributed by atoms with Gasteiger partial charge in [-0.25, -0.2) is 8.78 Å². The number of benzene rings is 2. The SMILES string of the molecule is C=CCCc1ccc(C=NN=Cc2ccc(F)c(F)c2)cc1. The molecule has 0 radical (unpaired) electrons. The molecule has 0 saturated heterocycles. The van der Waals surface area contributed by atoms with Crippen LogP contribution in [0.2, 0.25) is 0 Å². The van der Waals surface area contributed by atoms with Crippen LogP contribution in [-0.2, 0) is 6.42 Å². The number of hydrogen-bond acceptors (Lipinski definition) is 2. The van der Waals surface area contributed by atoms with E-state index in [0.29, 0.717) is 5.56 Å². The zero-order valence-corrected chi connectivity index (χ0v) is 12.0. The van der Waals surface area contributed by atoms with Crippen LogP contribution in [0.15, 0.2) is 65.3 Å². The Morgan fingerprint density at radius 2 is 1.50 bits per heavy atom. The maximum absolute atomic E-state index is 13.0. The normalized spacial score (nSPS) is 11.4. The Bertz CT molecular complexity index is 689. The largest absolute Gasteiger partial charge is 0.204 e. The van der Waals surface area contributed by atoms with Crippen molar-refractivity contribution in [2.24, 2.45) is 10.2 Å². The molecule has 0 bridgehead atoms. The molecule has 0 saturated carbocycles. The molecule has 0 aliphatic carbocycles. The number of halogens is 2. The first-order chi connectivity index (χ1) is 10.7. The highest BCUT2D eigenvalue weighted by molar-refractivity contribution is 5.82. The van der Waals surface area contributed by atoms with E-state index in [0.717, 1.165) is 30.5 Å².